The van der Waals surface area contributed by atoms with E-state index in [1.54, 1.807) is 0 Å². The van der Waals surface area contributed by atoms with Crippen LogP contribution in [0.2, 0.25) is 0 Å². The molecule has 2 atom stereocenters. The summed E-state index contributed by atoms with van der Waals surface area (Å²) in [7, 11) is 0. The summed E-state index contributed by atoms with van der Waals surface area (Å²) in [4.78, 5) is 16.5. The molecule has 3 fully saturated rings. The number of hydrogen-bond donors (Lipinski definition) is 2. The first-order valence-electron chi connectivity index (χ1n) is 7.74. The van der Waals surface area contributed by atoms with Crippen molar-refractivity contribution < 1.29 is 4.79 Å². The maximum atomic E-state index is 11.5. The van der Waals surface area contributed by atoms with E-state index in [1.165, 1.54) is 45.2 Å². The topological polar surface area (TPSA) is 61.6 Å². The van der Waals surface area contributed by atoms with Crippen molar-refractivity contribution in [2.45, 2.75) is 50.2 Å². The summed E-state index contributed by atoms with van der Waals surface area (Å²) in [5, 5.41) is 3.37. The lowest BCUT2D eigenvalue weighted by Gasteiger charge is -2.25. The summed E-state index contributed by atoms with van der Waals surface area (Å²) in [5.41, 5.74) is 5.51. The van der Waals surface area contributed by atoms with Crippen molar-refractivity contribution in [3.8, 4) is 0 Å². The Bertz CT molecular complexity index is 325. The van der Waals surface area contributed by atoms with Crippen LogP contribution in [0.3, 0.4) is 0 Å². The minimum atomic E-state index is -0.198. The van der Waals surface area contributed by atoms with E-state index in [1.807, 2.05) is 0 Å². The van der Waals surface area contributed by atoms with E-state index in [0.29, 0.717) is 12.1 Å². The zero-order valence-corrected chi connectivity index (χ0v) is 11.7. The van der Waals surface area contributed by atoms with Crippen LogP contribution in [0, 0.1) is 0 Å². The quantitative estimate of drug-likeness (QED) is 0.697. The molecule has 5 heteroatoms. The van der Waals surface area contributed by atoms with Gasteiger partial charge in [0.25, 0.3) is 0 Å². The Morgan fingerprint density at radius 1 is 1.21 bits per heavy atom. The van der Waals surface area contributed by atoms with Crippen molar-refractivity contribution in [1.29, 1.82) is 0 Å². The zero-order valence-electron chi connectivity index (χ0n) is 11.7. The van der Waals surface area contributed by atoms with Crippen molar-refractivity contribution in [1.82, 2.24) is 15.1 Å². The number of amides is 1. The van der Waals surface area contributed by atoms with Gasteiger partial charge < -0.3 is 11.1 Å². The molecule has 2 saturated heterocycles. The highest BCUT2D eigenvalue weighted by Crippen LogP contribution is 2.22. The maximum absolute atomic E-state index is 11.5. The number of hydrogen-bond acceptors (Lipinski definition) is 4. The Kier molecular flexibility index (Phi) is 4.05. The van der Waals surface area contributed by atoms with Gasteiger partial charge in [-0.2, -0.15) is 0 Å². The van der Waals surface area contributed by atoms with Gasteiger partial charge in [-0.3, -0.25) is 14.6 Å². The molecular formula is C14H26N4O. The Labute approximate surface area is 115 Å². The van der Waals surface area contributed by atoms with E-state index in [9.17, 15) is 4.79 Å². The van der Waals surface area contributed by atoms with Crippen LogP contribution in [0.4, 0.5) is 0 Å². The van der Waals surface area contributed by atoms with Gasteiger partial charge in [-0.25, -0.2) is 0 Å². The van der Waals surface area contributed by atoms with E-state index in [0.717, 1.165) is 19.6 Å². The molecule has 1 aliphatic carbocycles. The third-order valence-electron chi connectivity index (χ3n) is 4.70. The van der Waals surface area contributed by atoms with Gasteiger partial charge in [0.15, 0.2) is 0 Å². The van der Waals surface area contributed by atoms with E-state index in [4.69, 9.17) is 5.73 Å². The summed E-state index contributed by atoms with van der Waals surface area (Å²) in [5.74, 6) is -0.198. The summed E-state index contributed by atoms with van der Waals surface area (Å²) in [6.45, 7) is 5.53. The molecule has 0 bridgehead atoms. The zero-order chi connectivity index (χ0) is 13.2. The molecule has 0 aromatic heterocycles. The predicted octanol–water partition coefficient (Wildman–Crippen LogP) is -0.238. The fourth-order valence-corrected chi connectivity index (χ4v) is 3.40. The molecule has 19 heavy (non-hydrogen) atoms. The van der Waals surface area contributed by atoms with Gasteiger partial charge in [0.2, 0.25) is 5.91 Å². The van der Waals surface area contributed by atoms with Crippen LogP contribution < -0.4 is 11.1 Å². The second-order valence-electron chi connectivity index (χ2n) is 6.34. The average molecular weight is 266 g/mol. The second kappa shape index (κ2) is 5.77. The molecule has 3 rings (SSSR count). The molecule has 3 aliphatic rings. The van der Waals surface area contributed by atoms with Crippen LogP contribution in [0.15, 0.2) is 0 Å². The highest BCUT2D eigenvalue weighted by atomic mass is 16.1. The fraction of sp³-hybridized carbons (Fsp3) is 0.929. The summed E-state index contributed by atoms with van der Waals surface area (Å²) in [6.07, 6.45) is 6.34. The Hall–Kier alpha value is -0.650. The number of nitrogens with two attached hydrogens (primary N) is 1. The van der Waals surface area contributed by atoms with Crippen LogP contribution in [-0.4, -0.2) is 66.6 Å². The van der Waals surface area contributed by atoms with Crippen molar-refractivity contribution >= 4 is 5.91 Å². The second-order valence-corrected chi connectivity index (χ2v) is 6.34. The standard InChI is InChI=1S/C14H26N4O/c15-14(19)13(16-11-3-4-11)10-17-8-5-12(9-17)18-6-1-2-7-18/h11-13,16H,1-10H2,(H2,15,19). The van der Waals surface area contributed by atoms with Crippen LogP contribution in [0.5, 0.6) is 0 Å². The first-order valence-corrected chi connectivity index (χ1v) is 7.74. The van der Waals surface area contributed by atoms with Crippen LogP contribution in [-0.2, 0) is 4.79 Å². The number of primary amides is 1. The van der Waals surface area contributed by atoms with Crippen molar-refractivity contribution in [3.05, 3.63) is 0 Å². The van der Waals surface area contributed by atoms with Gasteiger partial charge in [0, 0.05) is 25.2 Å². The van der Waals surface area contributed by atoms with Crippen molar-refractivity contribution in [2.24, 2.45) is 5.73 Å². The van der Waals surface area contributed by atoms with Crippen molar-refractivity contribution in [3.63, 3.8) is 0 Å². The Balaban J connectivity index is 1.47. The molecule has 1 saturated carbocycles. The number of carbonyl (C=O) groups excluding carboxylic acids is 1. The third kappa shape index (κ3) is 3.46. The van der Waals surface area contributed by atoms with Gasteiger partial charge >= 0.3 is 0 Å². The van der Waals surface area contributed by atoms with E-state index < -0.39 is 0 Å². The van der Waals surface area contributed by atoms with Crippen molar-refractivity contribution in [2.75, 3.05) is 32.7 Å². The first-order chi connectivity index (χ1) is 9.22. The molecule has 1 amide bonds. The van der Waals surface area contributed by atoms with E-state index in [2.05, 4.69) is 15.1 Å². The summed E-state index contributed by atoms with van der Waals surface area (Å²) in [6, 6.07) is 1.08. The lowest BCUT2D eigenvalue weighted by molar-refractivity contribution is -0.120. The average Bonchev–Trinajstić information content (AvgIpc) is 2.89. The molecular weight excluding hydrogens is 240 g/mol. The van der Waals surface area contributed by atoms with E-state index >= 15 is 0 Å². The molecule has 0 aromatic rings. The summed E-state index contributed by atoms with van der Waals surface area (Å²) < 4.78 is 0. The number of carbonyl (C=O) groups is 1. The lowest BCUT2D eigenvalue weighted by Crippen LogP contribution is -2.50. The molecule has 0 radical (unpaired) electrons. The molecule has 108 valence electrons. The smallest absolute Gasteiger partial charge is 0.235 e. The fourth-order valence-electron chi connectivity index (χ4n) is 3.40. The molecule has 5 nitrogen and oxygen atoms in total. The first kappa shape index (κ1) is 13.3. The minimum Gasteiger partial charge on any atom is -0.368 e. The van der Waals surface area contributed by atoms with Crippen LogP contribution in [0.1, 0.15) is 32.1 Å². The molecule has 3 N–H and O–H groups in total. The van der Waals surface area contributed by atoms with Gasteiger partial charge in [-0.05, 0) is 51.7 Å². The number of nitrogens with zero attached hydrogens (tertiary/aromatic N) is 2. The van der Waals surface area contributed by atoms with Gasteiger partial charge in [0.1, 0.15) is 0 Å². The number of likely N-dealkylation sites (tertiary alicyclic amines) is 2. The molecule has 0 aromatic carbocycles. The Morgan fingerprint density at radius 3 is 2.58 bits per heavy atom. The predicted molar refractivity (Wildman–Crippen MR) is 74.8 cm³/mol. The molecule has 2 aliphatic heterocycles. The normalized spacial score (nSPS) is 30.8. The maximum Gasteiger partial charge on any atom is 0.235 e. The highest BCUT2D eigenvalue weighted by Gasteiger charge is 2.33. The SMILES string of the molecule is NC(=O)C(CN1CCC(N2CCCC2)C1)NC1CC1. The van der Waals surface area contributed by atoms with Crippen LogP contribution in [0.25, 0.3) is 0 Å². The monoisotopic (exact) mass is 266 g/mol. The molecule has 2 heterocycles. The molecule has 0 spiro atoms. The third-order valence-corrected chi connectivity index (χ3v) is 4.70. The van der Waals surface area contributed by atoms with Gasteiger partial charge in [-0.15, -0.1) is 0 Å². The van der Waals surface area contributed by atoms with E-state index in [-0.39, 0.29) is 11.9 Å². The minimum absolute atomic E-state index is 0.162. The lowest BCUT2D eigenvalue weighted by atomic mass is 10.2. The Morgan fingerprint density at radius 2 is 1.95 bits per heavy atom. The molecule has 2 unspecified atom stereocenters. The van der Waals surface area contributed by atoms with Gasteiger partial charge in [-0.1, -0.05) is 0 Å². The largest absolute Gasteiger partial charge is 0.368 e. The summed E-state index contributed by atoms with van der Waals surface area (Å²) >= 11 is 0. The highest BCUT2D eigenvalue weighted by molar-refractivity contribution is 5.80. The number of rotatable bonds is 6. The van der Waals surface area contributed by atoms with Gasteiger partial charge in [0.05, 0.1) is 6.04 Å². The number of nitrogens with one attached hydrogen (secondary N) is 1. The van der Waals surface area contributed by atoms with Crippen LogP contribution >= 0.6 is 0 Å².